The molecule has 0 aromatic rings. The van der Waals surface area contributed by atoms with Gasteiger partial charge >= 0.3 is 0 Å². The Morgan fingerprint density at radius 3 is 2.40 bits per heavy atom. The van der Waals surface area contributed by atoms with Gasteiger partial charge < -0.3 is 10.6 Å². The number of carbonyl (C=O) groups excluding carboxylic acids is 1. The first-order valence-corrected chi connectivity index (χ1v) is 8.77. The lowest BCUT2D eigenvalue weighted by Crippen LogP contribution is -2.38. The quantitative estimate of drug-likeness (QED) is 0.789. The number of rotatable bonds is 2. The van der Waals surface area contributed by atoms with Crippen LogP contribution in [0, 0.1) is 17.8 Å². The molecule has 0 aromatic carbocycles. The van der Waals surface area contributed by atoms with Crippen LogP contribution >= 0.6 is 0 Å². The first-order chi connectivity index (χ1) is 9.74. The Balaban J connectivity index is 1.52. The van der Waals surface area contributed by atoms with Gasteiger partial charge in [0.15, 0.2) is 0 Å². The Hall–Kier alpha value is -0.570. The molecular weight excluding hydrogens is 248 g/mol. The van der Waals surface area contributed by atoms with Crippen LogP contribution in [-0.4, -0.2) is 29.9 Å². The Morgan fingerprint density at radius 1 is 0.950 bits per heavy atom. The molecule has 2 saturated carbocycles. The number of nitrogens with two attached hydrogens (primary N) is 1. The van der Waals surface area contributed by atoms with Crippen LogP contribution in [0.25, 0.3) is 0 Å². The zero-order valence-electron chi connectivity index (χ0n) is 12.7. The average molecular weight is 278 g/mol. The first-order valence-electron chi connectivity index (χ1n) is 8.77. The van der Waals surface area contributed by atoms with Gasteiger partial charge in [-0.1, -0.05) is 32.1 Å². The summed E-state index contributed by atoms with van der Waals surface area (Å²) < 4.78 is 0. The molecule has 1 aliphatic heterocycles. The maximum absolute atomic E-state index is 12.6. The van der Waals surface area contributed by atoms with Crippen molar-refractivity contribution in [3.63, 3.8) is 0 Å². The van der Waals surface area contributed by atoms with Crippen LogP contribution in [-0.2, 0) is 4.79 Å². The van der Waals surface area contributed by atoms with Gasteiger partial charge in [0.25, 0.3) is 0 Å². The Labute approximate surface area is 123 Å². The summed E-state index contributed by atoms with van der Waals surface area (Å²) in [6, 6.07) is 0.337. The zero-order valence-corrected chi connectivity index (χ0v) is 12.7. The second-order valence-electron chi connectivity index (χ2n) is 7.38. The van der Waals surface area contributed by atoms with Gasteiger partial charge in [0, 0.05) is 25.6 Å². The van der Waals surface area contributed by atoms with E-state index < -0.39 is 0 Å². The summed E-state index contributed by atoms with van der Waals surface area (Å²) in [5.74, 6) is 2.35. The monoisotopic (exact) mass is 278 g/mol. The number of nitrogens with zero attached hydrogens (tertiary/aromatic N) is 1. The predicted octanol–water partition coefficient (Wildman–Crippen LogP) is 2.93. The minimum atomic E-state index is 0.337. The highest BCUT2D eigenvalue weighted by Gasteiger charge is 2.40. The van der Waals surface area contributed by atoms with Crippen molar-refractivity contribution in [2.24, 2.45) is 23.5 Å². The molecule has 0 bridgehead atoms. The van der Waals surface area contributed by atoms with Crippen molar-refractivity contribution in [1.29, 1.82) is 0 Å². The van der Waals surface area contributed by atoms with Crippen molar-refractivity contribution in [3.05, 3.63) is 0 Å². The van der Waals surface area contributed by atoms with E-state index in [9.17, 15) is 4.79 Å². The third-order valence-corrected chi connectivity index (χ3v) is 5.94. The summed E-state index contributed by atoms with van der Waals surface area (Å²) >= 11 is 0. The zero-order chi connectivity index (χ0) is 13.9. The van der Waals surface area contributed by atoms with Gasteiger partial charge in [-0.3, -0.25) is 4.79 Å². The lowest BCUT2D eigenvalue weighted by atomic mass is 9.78. The average Bonchev–Trinajstić information content (AvgIpc) is 2.72. The molecule has 20 heavy (non-hydrogen) atoms. The van der Waals surface area contributed by atoms with Gasteiger partial charge in [-0.2, -0.15) is 0 Å². The molecule has 3 atom stereocenters. The molecule has 2 aliphatic carbocycles. The van der Waals surface area contributed by atoms with Crippen LogP contribution in [0.4, 0.5) is 0 Å². The van der Waals surface area contributed by atoms with E-state index in [1.807, 2.05) is 0 Å². The maximum atomic E-state index is 12.6. The summed E-state index contributed by atoms with van der Waals surface area (Å²) in [4.78, 5) is 14.7. The van der Waals surface area contributed by atoms with Crippen molar-refractivity contribution in [3.8, 4) is 0 Å². The summed E-state index contributed by atoms with van der Waals surface area (Å²) in [6.07, 6.45) is 12.4. The molecular formula is C17H30N2O. The SMILES string of the molecule is NC1CCCC2CN(C(=O)CC3CCCCCC3)CC12. The topological polar surface area (TPSA) is 46.3 Å². The maximum Gasteiger partial charge on any atom is 0.222 e. The number of hydrogen-bond acceptors (Lipinski definition) is 2. The number of fused-ring (bicyclic) bond motifs is 1. The third-order valence-electron chi connectivity index (χ3n) is 5.94. The van der Waals surface area contributed by atoms with E-state index in [1.54, 1.807) is 0 Å². The van der Waals surface area contributed by atoms with Crippen molar-refractivity contribution < 1.29 is 4.79 Å². The standard InChI is InChI=1S/C17H30N2O/c18-16-9-5-8-14-11-19(12-15(14)16)17(20)10-13-6-3-1-2-4-7-13/h13-16H,1-12,18H2. The summed E-state index contributed by atoms with van der Waals surface area (Å²) in [6.45, 7) is 1.93. The highest BCUT2D eigenvalue weighted by molar-refractivity contribution is 5.76. The Morgan fingerprint density at radius 2 is 1.70 bits per heavy atom. The third kappa shape index (κ3) is 3.19. The molecule has 3 rings (SSSR count). The molecule has 3 unspecified atom stereocenters. The molecule has 1 saturated heterocycles. The number of likely N-dealkylation sites (tertiary alicyclic amines) is 1. The van der Waals surface area contributed by atoms with E-state index in [0.717, 1.165) is 25.9 Å². The van der Waals surface area contributed by atoms with Crippen LogP contribution in [0.5, 0.6) is 0 Å². The lowest BCUT2D eigenvalue weighted by molar-refractivity contribution is -0.131. The van der Waals surface area contributed by atoms with Crippen LogP contribution in [0.1, 0.15) is 64.2 Å². The van der Waals surface area contributed by atoms with Crippen LogP contribution < -0.4 is 5.73 Å². The van der Waals surface area contributed by atoms with Crippen molar-refractivity contribution in [1.82, 2.24) is 4.90 Å². The van der Waals surface area contributed by atoms with Crippen LogP contribution in [0.3, 0.4) is 0 Å². The minimum Gasteiger partial charge on any atom is -0.342 e. The van der Waals surface area contributed by atoms with E-state index in [0.29, 0.717) is 29.7 Å². The molecule has 1 heterocycles. The number of carbonyl (C=O) groups is 1. The van der Waals surface area contributed by atoms with Crippen molar-refractivity contribution in [2.75, 3.05) is 13.1 Å². The molecule has 1 amide bonds. The molecule has 114 valence electrons. The second kappa shape index (κ2) is 6.46. The fourth-order valence-electron chi connectivity index (χ4n) is 4.66. The smallest absolute Gasteiger partial charge is 0.222 e. The molecule has 0 aromatic heterocycles. The highest BCUT2D eigenvalue weighted by Crippen LogP contribution is 2.36. The lowest BCUT2D eigenvalue weighted by Gasteiger charge is -2.29. The van der Waals surface area contributed by atoms with Gasteiger partial charge in [0.2, 0.25) is 5.91 Å². The largest absolute Gasteiger partial charge is 0.342 e. The number of amides is 1. The van der Waals surface area contributed by atoms with Gasteiger partial charge in [-0.25, -0.2) is 0 Å². The van der Waals surface area contributed by atoms with Gasteiger partial charge in [0.05, 0.1) is 0 Å². The molecule has 3 fully saturated rings. The van der Waals surface area contributed by atoms with Gasteiger partial charge in [0.1, 0.15) is 0 Å². The van der Waals surface area contributed by atoms with Crippen LogP contribution in [0.2, 0.25) is 0 Å². The van der Waals surface area contributed by atoms with E-state index in [-0.39, 0.29) is 0 Å². The Kier molecular flexibility index (Phi) is 4.65. The van der Waals surface area contributed by atoms with E-state index in [1.165, 1.54) is 51.4 Å². The van der Waals surface area contributed by atoms with E-state index >= 15 is 0 Å². The second-order valence-corrected chi connectivity index (χ2v) is 7.38. The molecule has 0 spiro atoms. The molecule has 2 N–H and O–H groups in total. The van der Waals surface area contributed by atoms with E-state index in [2.05, 4.69) is 4.90 Å². The van der Waals surface area contributed by atoms with Crippen molar-refractivity contribution >= 4 is 5.91 Å². The van der Waals surface area contributed by atoms with Crippen molar-refractivity contribution in [2.45, 2.75) is 70.3 Å². The molecule has 3 aliphatic rings. The van der Waals surface area contributed by atoms with Gasteiger partial charge in [-0.05, 0) is 43.4 Å². The summed E-state index contributed by atoms with van der Waals surface area (Å²) in [5.41, 5.74) is 6.25. The highest BCUT2D eigenvalue weighted by atomic mass is 16.2. The first kappa shape index (κ1) is 14.4. The molecule has 0 radical (unpaired) electrons. The predicted molar refractivity (Wildman–Crippen MR) is 81.2 cm³/mol. The Bertz CT molecular complexity index is 336. The van der Waals surface area contributed by atoms with Crippen LogP contribution in [0.15, 0.2) is 0 Å². The normalized spacial score (nSPS) is 35.6. The number of hydrogen-bond donors (Lipinski definition) is 1. The molecule has 3 nitrogen and oxygen atoms in total. The minimum absolute atomic E-state index is 0.337. The summed E-state index contributed by atoms with van der Waals surface area (Å²) in [5, 5.41) is 0. The fourth-order valence-corrected chi connectivity index (χ4v) is 4.66. The molecule has 3 heteroatoms. The fraction of sp³-hybridized carbons (Fsp3) is 0.941. The van der Waals surface area contributed by atoms with Gasteiger partial charge in [-0.15, -0.1) is 0 Å². The van der Waals surface area contributed by atoms with E-state index in [4.69, 9.17) is 5.73 Å². The summed E-state index contributed by atoms with van der Waals surface area (Å²) in [7, 11) is 0.